The largest absolute Gasteiger partial charge is 0.481 e. The molecule has 0 heterocycles. The van der Waals surface area contributed by atoms with E-state index in [2.05, 4.69) is 40.2 Å². The van der Waals surface area contributed by atoms with Gasteiger partial charge in [-0.2, -0.15) is 0 Å². The van der Waals surface area contributed by atoms with Crippen molar-refractivity contribution in [3.63, 3.8) is 0 Å². The Bertz CT molecular complexity index is 2340. The number of rotatable bonds is 42. The maximum atomic E-state index is 11.6. The summed E-state index contributed by atoms with van der Waals surface area (Å²) in [6.45, 7) is -1.49. The topological polar surface area (TPSA) is 449 Å². The first kappa shape index (κ1) is 83.2. The molecule has 0 aliphatic rings. The zero-order valence-electron chi connectivity index (χ0n) is 48.3. The molecule has 0 aromatic heterocycles. The summed E-state index contributed by atoms with van der Waals surface area (Å²) in [7, 11) is 0. The van der Waals surface area contributed by atoms with Gasteiger partial charge in [-0.1, -0.05) is 98.4 Å². The molecule has 31 nitrogen and oxygen atoms in total. The average molecular weight is 1260 g/mol. The number of carboxylic acid groups (broad SMARTS) is 6. The molecule has 0 atom stereocenters. The van der Waals surface area contributed by atoms with Crippen LogP contribution in [0.4, 0.5) is 0 Å². The van der Waals surface area contributed by atoms with Gasteiger partial charge in [-0.25, -0.2) is 67.9 Å². The number of hydrogen-bond acceptors (Lipinski definition) is 25. The Morgan fingerprint density at radius 3 is 0.955 bits per heavy atom. The monoisotopic (exact) mass is 1260 g/mol. The van der Waals surface area contributed by atoms with Crippen molar-refractivity contribution < 1.29 is 153 Å². The van der Waals surface area contributed by atoms with E-state index in [1.54, 1.807) is 0 Å². The molecule has 0 spiro atoms. The van der Waals surface area contributed by atoms with E-state index in [-0.39, 0.29) is 79.2 Å². The van der Waals surface area contributed by atoms with Crippen LogP contribution >= 0.6 is 0 Å². The number of aliphatic hydroxyl groups is 1. The van der Waals surface area contributed by atoms with Crippen LogP contribution in [0.25, 0.3) is 0 Å². The number of hydrogen-bond donors (Lipinski definition) is 7. The standard InChI is InChI=1S/C23H28O8.2C9H14O8.C9H10O3.C4H6O4.C2H2.CH4/c24-22(27-19-23(25)26-17-20-9-3-1-4-10-20)13-7-8-14-28-29-15-16-30-31-18-21-11-5-2-6-12-21;2*10-7(11)5-15-9(14)3-1-2-4-16-17-6-8(12)13;10-6-9(11)12-7-8-4-2-1-3-5-8;5-3(6)1-2-4(7)8;1-2;/h1-6,9-12H,7-8,13-19H2;2*1-6H2,(H,10,11)(H,12,13);1-5,10H,6-7H2;1-2H2,(H,5,6)(H,7,8);1-2H;1H4/i;;;;;1D;. The molecule has 492 valence electrons. The van der Waals surface area contributed by atoms with Gasteiger partial charge in [0.15, 0.2) is 33.0 Å². The summed E-state index contributed by atoms with van der Waals surface area (Å²) in [6.07, 6.45) is 8.51. The SMILES string of the molecule is C.O=C(CCCCOOCCOOCc1ccccc1)OCC(=O)OCc1ccccc1.O=C(CO)OCc1ccccc1.O=C(O)CCC(=O)O.O=C(O)COOCCCCC(=O)OCC(=O)O.O=C(O)COOCCCCC(=O)OCC(=O)O.[2H]C#C. The fourth-order valence-electron chi connectivity index (χ4n) is 4.94. The Hall–Kier alpha value is -8.97. The summed E-state index contributed by atoms with van der Waals surface area (Å²) in [4.78, 5) is 152. The molecular weight excluding hydrogens is 1180 g/mol. The Labute approximate surface area is 508 Å². The minimum atomic E-state index is -1.20. The maximum absolute atomic E-state index is 11.6. The number of ether oxygens (including phenoxy) is 5. The molecule has 0 aliphatic heterocycles. The normalized spacial score (nSPS) is 9.70. The summed E-state index contributed by atoms with van der Waals surface area (Å²) < 4.78 is 29.1. The highest BCUT2D eigenvalue weighted by molar-refractivity contribution is 5.77. The van der Waals surface area contributed by atoms with Gasteiger partial charge >= 0.3 is 65.7 Å². The van der Waals surface area contributed by atoms with E-state index in [0.717, 1.165) is 16.7 Å². The number of aliphatic carboxylic acids is 6. The lowest BCUT2D eigenvalue weighted by Crippen LogP contribution is -2.16. The van der Waals surface area contributed by atoms with Crippen LogP contribution in [0.1, 0.15) is 96.1 Å². The third-order valence-corrected chi connectivity index (χ3v) is 8.82. The van der Waals surface area contributed by atoms with E-state index in [0.29, 0.717) is 51.7 Å². The van der Waals surface area contributed by atoms with E-state index in [1.807, 2.05) is 91.0 Å². The average Bonchev–Trinajstić information content (AvgIpc) is 3.54. The highest BCUT2D eigenvalue weighted by Crippen LogP contribution is 2.05. The Kier molecular flexibility index (Phi) is 59.2. The van der Waals surface area contributed by atoms with Gasteiger partial charge in [0, 0.05) is 19.3 Å². The van der Waals surface area contributed by atoms with Crippen LogP contribution in [0.5, 0.6) is 0 Å². The molecule has 0 saturated heterocycles. The van der Waals surface area contributed by atoms with Crippen molar-refractivity contribution >= 4 is 65.7 Å². The van der Waals surface area contributed by atoms with Crippen molar-refractivity contribution in [3.8, 4) is 12.8 Å². The van der Waals surface area contributed by atoms with E-state index in [4.69, 9.17) is 66.1 Å². The molecule has 0 bridgehead atoms. The molecule has 0 saturated carbocycles. The highest BCUT2D eigenvalue weighted by Gasteiger charge is 2.11. The van der Waals surface area contributed by atoms with Gasteiger partial charge in [-0.3, -0.25) is 24.0 Å². The van der Waals surface area contributed by atoms with Crippen LogP contribution in [-0.2, 0) is 135 Å². The Balaban J connectivity index is -0.000000536. The number of unbranched alkanes of at least 4 members (excludes halogenated alkanes) is 3. The molecule has 0 fully saturated rings. The third-order valence-electron chi connectivity index (χ3n) is 8.82. The summed E-state index contributed by atoms with van der Waals surface area (Å²) in [5, 5.41) is 56.9. The van der Waals surface area contributed by atoms with Crippen molar-refractivity contribution in [1.82, 2.24) is 0 Å². The van der Waals surface area contributed by atoms with Crippen LogP contribution in [0.2, 0.25) is 0 Å². The minimum Gasteiger partial charge on any atom is -0.481 e. The number of carbonyl (C=O) groups is 11. The zero-order chi connectivity index (χ0) is 66.3. The lowest BCUT2D eigenvalue weighted by Gasteiger charge is -2.07. The van der Waals surface area contributed by atoms with E-state index in [1.165, 1.54) is 6.40 Å². The van der Waals surface area contributed by atoms with Crippen LogP contribution < -0.4 is 0 Å². The first-order valence-corrected chi connectivity index (χ1v) is 25.8. The predicted molar refractivity (Wildman–Crippen MR) is 299 cm³/mol. The molecule has 31 heteroatoms. The zero-order valence-corrected chi connectivity index (χ0v) is 47.3. The van der Waals surface area contributed by atoms with Crippen molar-refractivity contribution in [2.24, 2.45) is 0 Å². The summed E-state index contributed by atoms with van der Waals surface area (Å²) in [5.41, 5.74) is 2.80. The van der Waals surface area contributed by atoms with Gasteiger partial charge in [0.2, 0.25) is 0 Å². The molecule has 0 radical (unpaired) electrons. The van der Waals surface area contributed by atoms with Crippen molar-refractivity contribution in [1.29, 1.82) is 0 Å². The number of esters is 5. The molecule has 0 aliphatic carbocycles. The second-order valence-electron chi connectivity index (χ2n) is 16.0. The minimum absolute atomic E-state index is 0. The summed E-state index contributed by atoms with van der Waals surface area (Å²) in [5.74, 6) is -9.67. The Morgan fingerprint density at radius 1 is 0.330 bits per heavy atom. The molecular formula is C57H78O31. The quantitative estimate of drug-likeness (QED) is 0.0101. The molecule has 3 rings (SSSR count). The molecule has 0 amide bonds. The van der Waals surface area contributed by atoms with Gasteiger partial charge < -0.3 is 59.4 Å². The van der Waals surface area contributed by atoms with E-state index in [9.17, 15) is 52.7 Å². The first-order chi connectivity index (χ1) is 42.1. The van der Waals surface area contributed by atoms with E-state index >= 15 is 0 Å². The fraction of sp³-hybridized carbons (Fsp3) is 0.456. The van der Waals surface area contributed by atoms with Crippen LogP contribution in [0.3, 0.4) is 0 Å². The van der Waals surface area contributed by atoms with Gasteiger partial charge in [0.1, 0.15) is 41.0 Å². The number of carbonyl (C=O) groups excluding carboxylic acids is 5. The highest BCUT2D eigenvalue weighted by atomic mass is 17.2. The summed E-state index contributed by atoms with van der Waals surface area (Å²) in [6, 6.07) is 28.3. The second-order valence-corrected chi connectivity index (χ2v) is 16.0. The predicted octanol–water partition coefficient (Wildman–Crippen LogP) is 4.72. The lowest BCUT2D eigenvalue weighted by atomic mass is 10.2. The number of terminal acetylenes is 1. The van der Waals surface area contributed by atoms with E-state index < -0.39 is 105 Å². The van der Waals surface area contributed by atoms with Gasteiger partial charge in [-0.05, 0) is 55.2 Å². The lowest BCUT2D eigenvalue weighted by molar-refractivity contribution is -0.345. The first-order valence-electron chi connectivity index (χ1n) is 26.3. The molecule has 3 aromatic carbocycles. The third kappa shape index (κ3) is 67.8. The summed E-state index contributed by atoms with van der Waals surface area (Å²) >= 11 is 0. The Morgan fingerprint density at radius 2 is 0.625 bits per heavy atom. The van der Waals surface area contributed by atoms with Crippen molar-refractivity contribution in [2.75, 3.05) is 72.7 Å². The maximum Gasteiger partial charge on any atom is 0.344 e. The van der Waals surface area contributed by atoms with Gasteiger partial charge in [0.05, 0.1) is 32.7 Å². The van der Waals surface area contributed by atoms with Crippen LogP contribution in [0.15, 0.2) is 91.0 Å². The van der Waals surface area contributed by atoms with Crippen LogP contribution in [0, 0.1) is 12.8 Å². The smallest absolute Gasteiger partial charge is 0.344 e. The van der Waals surface area contributed by atoms with Gasteiger partial charge in [-0.15, -0.1) is 12.8 Å². The molecule has 88 heavy (non-hydrogen) atoms. The van der Waals surface area contributed by atoms with Gasteiger partial charge in [0.25, 0.3) is 0 Å². The molecule has 3 aromatic rings. The number of benzene rings is 3. The van der Waals surface area contributed by atoms with Crippen molar-refractivity contribution in [2.45, 2.75) is 97.9 Å². The number of aliphatic hydroxyl groups excluding tert-OH is 1. The molecule has 0 unspecified atom stereocenters. The number of carboxylic acids is 6. The second kappa shape index (κ2) is 62.6. The fourth-order valence-corrected chi connectivity index (χ4v) is 4.94. The van der Waals surface area contributed by atoms with Crippen LogP contribution in [-0.4, -0.2) is 174 Å². The molecule has 7 N–H and O–H groups in total. The van der Waals surface area contributed by atoms with Crippen molar-refractivity contribution in [3.05, 3.63) is 108 Å².